The maximum Gasteiger partial charge on any atom is 0.224 e. The first-order valence-electron chi connectivity index (χ1n) is 9.13. The van der Waals surface area contributed by atoms with E-state index in [9.17, 15) is 4.79 Å². The van der Waals surface area contributed by atoms with Gasteiger partial charge in [-0.2, -0.15) is 16.9 Å². The summed E-state index contributed by atoms with van der Waals surface area (Å²) in [6.07, 6.45) is 0.563. The Morgan fingerprint density at radius 2 is 2.07 bits per heavy atom. The third-order valence-electron chi connectivity index (χ3n) is 5.03. The molecule has 1 aliphatic heterocycles. The standard InChI is InChI=1S/C20H28N4OS.ClH/c1-14-7-5-6-8-19(14)24-16(3)18(15(2)22-24)12-23(4)20(25)11-17-13-26-10-9-21-17;/h5-8,17,21H,9-13H2,1-4H3;1H. The SMILES string of the molecule is Cc1ccccc1-n1nc(C)c(CN(C)C(=O)CC2CSCCN2)c1C.Cl. The zero-order chi connectivity index (χ0) is 18.7. The van der Waals surface area contributed by atoms with Gasteiger partial charge in [0, 0.05) is 55.4 Å². The molecule has 0 bridgehead atoms. The molecule has 0 aliphatic carbocycles. The number of aromatic nitrogens is 2. The summed E-state index contributed by atoms with van der Waals surface area (Å²) in [4.78, 5) is 14.5. The largest absolute Gasteiger partial charge is 0.341 e. The van der Waals surface area contributed by atoms with Crippen LogP contribution in [0, 0.1) is 20.8 Å². The molecule has 0 radical (unpaired) electrons. The molecule has 1 aromatic carbocycles. The molecule has 0 saturated carbocycles. The molecule has 2 heterocycles. The van der Waals surface area contributed by atoms with E-state index >= 15 is 0 Å². The van der Waals surface area contributed by atoms with E-state index < -0.39 is 0 Å². The number of halogens is 1. The normalized spacial score (nSPS) is 16.7. The highest BCUT2D eigenvalue weighted by Gasteiger charge is 2.21. The highest BCUT2D eigenvalue weighted by atomic mass is 35.5. The van der Waals surface area contributed by atoms with Crippen molar-refractivity contribution in [2.45, 2.75) is 39.8 Å². The van der Waals surface area contributed by atoms with Crippen LogP contribution >= 0.6 is 24.2 Å². The van der Waals surface area contributed by atoms with Crippen LogP contribution in [0.5, 0.6) is 0 Å². The first kappa shape index (κ1) is 21.8. The van der Waals surface area contributed by atoms with Crippen LogP contribution in [0.25, 0.3) is 5.69 Å². The van der Waals surface area contributed by atoms with Crippen molar-refractivity contribution in [1.82, 2.24) is 20.0 Å². The zero-order valence-corrected chi connectivity index (χ0v) is 18.1. The fourth-order valence-electron chi connectivity index (χ4n) is 3.38. The Morgan fingerprint density at radius 3 is 2.74 bits per heavy atom. The molecule has 1 saturated heterocycles. The van der Waals surface area contributed by atoms with Crippen molar-refractivity contribution in [3.63, 3.8) is 0 Å². The lowest BCUT2D eigenvalue weighted by molar-refractivity contribution is -0.130. The predicted octanol–water partition coefficient (Wildman–Crippen LogP) is 3.27. The number of thioether (sulfide) groups is 1. The van der Waals surface area contributed by atoms with Gasteiger partial charge in [0.2, 0.25) is 5.91 Å². The Hall–Kier alpha value is -1.50. The number of hydrogen-bond donors (Lipinski definition) is 1. The average Bonchev–Trinajstić information content (AvgIpc) is 2.91. The fraction of sp³-hybridized carbons (Fsp3) is 0.500. The minimum atomic E-state index is 0. The van der Waals surface area contributed by atoms with Crippen molar-refractivity contribution in [2.24, 2.45) is 0 Å². The summed E-state index contributed by atoms with van der Waals surface area (Å²) in [7, 11) is 1.89. The summed E-state index contributed by atoms with van der Waals surface area (Å²) in [6.45, 7) is 7.79. The summed E-state index contributed by atoms with van der Waals surface area (Å²) in [5.74, 6) is 2.34. The third kappa shape index (κ3) is 5.06. The molecule has 1 N–H and O–H groups in total. The summed E-state index contributed by atoms with van der Waals surface area (Å²) < 4.78 is 2.00. The van der Waals surface area contributed by atoms with E-state index in [1.165, 1.54) is 5.56 Å². The van der Waals surface area contributed by atoms with Crippen molar-refractivity contribution in [1.29, 1.82) is 0 Å². The second-order valence-corrected chi connectivity index (χ2v) is 8.18. The number of para-hydroxylation sites is 1. The lowest BCUT2D eigenvalue weighted by Gasteiger charge is -2.25. The molecule has 2 aromatic rings. The van der Waals surface area contributed by atoms with Gasteiger partial charge in [-0.1, -0.05) is 18.2 Å². The number of rotatable bonds is 5. The molecule has 1 atom stereocenters. The third-order valence-corrected chi connectivity index (χ3v) is 6.16. The lowest BCUT2D eigenvalue weighted by atomic mass is 10.1. The van der Waals surface area contributed by atoms with Crippen molar-refractivity contribution in [2.75, 3.05) is 25.1 Å². The van der Waals surface area contributed by atoms with Crippen molar-refractivity contribution >= 4 is 30.1 Å². The molecule has 148 valence electrons. The van der Waals surface area contributed by atoms with E-state index in [-0.39, 0.29) is 18.3 Å². The van der Waals surface area contributed by atoms with Gasteiger partial charge >= 0.3 is 0 Å². The van der Waals surface area contributed by atoms with Gasteiger partial charge in [0.1, 0.15) is 0 Å². The summed E-state index contributed by atoms with van der Waals surface area (Å²) in [5.41, 5.74) is 5.50. The van der Waals surface area contributed by atoms with E-state index in [1.807, 2.05) is 47.4 Å². The Bertz CT molecular complexity index is 786. The van der Waals surface area contributed by atoms with Gasteiger partial charge in [0.15, 0.2) is 0 Å². The van der Waals surface area contributed by atoms with Crippen molar-refractivity contribution in [3.8, 4) is 5.69 Å². The number of carbonyl (C=O) groups is 1. The van der Waals surface area contributed by atoms with Gasteiger partial charge in [-0.3, -0.25) is 4.79 Å². The van der Waals surface area contributed by atoms with Gasteiger partial charge in [0.25, 0.3) is 0 Å². The molecule has 27 heavy (non-hydrogen) atoms. The maximum atomic E-state index is 12.6. The molecule has 3 rings (SSSR count). The van der Waals surface area contributed by atoms with Crippen LogP contribution in [-0.4, -0.2) is 51.7 Å². The lowest BCUT2D eigenvalue weighted by Crippen LogP contribution is -2.41. The number of nitrogens with one attached hydrogen (secondary N) is 1. The number of hydrogen-bond acceptors (Lipinski definition) is 4. The predicted molar refractivity (Wildman–Crippen MR) is 115 cm³/mol. The van der Waals surface area contributed by atoms with Crippen LogP contribution in [0.2, 0.25) is 0 Å². The quantitative estimate of drug-likeness (QED) is 0.824. The number of carbonyl (C=O) groups excluding carboxylic acids is 1. The minimum Gasteiger partial charge on any atom is -0.341 e. The molecular weight excluding hydrogens is 380 g/mol. The van der Waals surface area contributed by atoms with Crippen LogP contribution in [-0.2, 0) is 11.3 Å². The van der Waals surface area contributed by atoms with Crippen LogP contribution in [0.3, 0.4) is 0 Å². The summed E-state index contributed by atoms with van der Waals surface area (Å²) in [6, 6.07) is 8.54. The molecule has 1 aromatic heterocycles. The monoisotopic (exact) mass is 408 g/mol. The number of nitrogens with zero attached hydrogens (tertiary/aromatic N) is 3. The molecule has 1 fully saturated rings. The van der Waals surface area contributed by atoms with E-state index in [4.69, 9.17) is 5.10 Å². The molecule has 5 nitrogen and oxygen atoms in total. The average molecular weight is 409 g/mol. The molecular formula is C20H29ClN4OS. The topological polar surface area (TPSA) is 50.2 Å². The fourth-order valence-corrected chi connectivity index (χ4v) is 4.33. The van der Waals surface area contributed by atoms with Crippen LogP contribution in [0.4, 0.5) is 0 Å². The second kappa shape index (κ2) is 9.62. The van der Waals surface area contributed by atoms with Gasteiger partial charge in [-0.15, -0.1) is 12.4 Å². The molecule has 1 amide bonds. The Balaban J connectivity index is 0.00000261. The number of benzene rings is 1. The Labute approximate surface area is 172 Å². The molecule has 1 unspecified atom stereocenters. The van der Waals surface area contributed by atoms with Crippen LogP contribution in [0.1, 0.15) is 28.9 Å². The first-order valence-corrected chi connectivity index (χ1v) is 10.3. The van der Waals surface area contributed by atoms with E-state index in [0.717, 1.165) is 40.7 Å². The van der Waals surface area contributed by atoms with Crippen LogP contribution in [0.15, 0.2) is 24.3 Å². The number of amides is 1. The summed E-state index contributed by atoms with van der Waals surface area (Å²) >= 11 is 1.92. The van der Waals surface area contributed by atoms with Crippen molar-refractivity contribution in [3.05, 3.63) is 46.8 Å². The molecule has 1 aliphatic rings. The van der Waals surface area contributed by atoms with Gasteiger partial charge in [-0.05, 0) is 32.4 Å². The summed E-state index contributed by atoms with van der Waals surface area (Å²) in [5, 5.41) is 8.17. The Kier molecular flexibility index (Phi) is 7.77. The van der Waals surface area contributed by atoms with Crippen LogP contribution < -0.4 is 5.32 Å². The smallest absolute Gasteiger partial charge is 0.224 e. The maximum absolute atomic E-state index is 12.6. The minimum absolute atomic E-state index is 0. The zero-order valence-electron chi connectivity index (χ0n) is 16.5. The van der Waals surface area contributed by atoms with E-state index in [0.29, 0.717) is 19.0 Å². The molecule has 0 spiro atoms. The Morgan fingerprint density at radius 1 is 1.33 bits per heavy atom. The van der Waals surface area contributed by atoms with E-state index in [1.54, 1.807) is 0 Å². The van der Waals surface area contributed by atoms with E-state index in [2.05, 4.69) is 31.3 Å². The first-order chi connectivity index (χ1) is 12.5. The number of aryl methyl sites for hydroxylation is 2. The van der Waals surface area contributed by atoms with Crippen molar-refractivity contribution < 1.29 is 4.79 Å². The highest BCUT2D eigenvalue weighted by Crippen LogP contribution is 2.22. The molecule has 7 heteroatoms. The van der Waals surface area contributed by atoms with Gasteiger partial charge in [0.05, 0.1) is 11.4 Å². The van der Waals surface area contributed by atoms with Gasteiger partial charge in [-0.25, -0.2) is 4.68 Å². The van der Waals surface area contributed by atoms with Gasteiger partial charge < -0.3 is 10.2 Å². The second-order valence-electron chi connectivity index (χ2n) is 7.03. The highest BCUT2D eigenvalue weighted by molar-refractivity contribution is 7.99.